The Labute approximate surface area is 240 Å². The Morgan fingerprint density at radius 1 is 1.00 bits per heavy atom. The highest BCUT2D eigenvalue weighted by atomic mass is 35.5. The van der Waals surface area contributed by atoms with Gasteiger partial charge in [0.15, 0.2) is 11.5 Å². The third-order valence-electron chi connectivity index (χ3n) is 7.93. The van der Waals surface area contributed by atoms with Gasteiger partial charge in [-0.3, -0.25) is 14.5 Å². The van der Waals surface area contributed by atoms with Crippen LogP contribution < -0.4 is 14.4 Å². The summed E-state index contributed by atoms with van der Waals surface area (Å²) in [6.45, 7) is 5.39. The van der Waals surface area contributed by atoms with Crippen LogP contribution in [0.1, 0.15) is 55.3 Å². The van der Waals surface area contributed by atoms with Crippen molar-refractivity contribution in [3.05, 3.63) is 88.4 Å². The second kappa shape index (κ2) is 12.3. The normalized spacial score (nSPS) is 20.0. The van der Waals surface area contributed by atoms with Gasteiger partial charge in [0.25, 0.3) is 0 Å². The minimum absolute atomic E-state index is 0.0821. The number of halogens is 1. The van der Waals surface area contributed by atoms with E-state index in [0.29, 0.717) is 29.6 Å². The summed E-state index contributed by atoms with van der Waals surface area (Å²) in [6, 6.07) is 20.6. The molecule has 0 radical (unpaired) electrons. The van der Waals surface area contributed by atoms with Gasteiger partial charge in [-0.05, 0) is 59.9 Å². The predicted octanol–water partition coefficient (Wildman–Crippen LogP) is 6.31. The second-order valence-electron chi connectivity index (χ2n) is 10.4. The number of carboxylic acids is 1. The van der Waals surface area contributed by atoms with Crippen LogP contribution in [0.3, 0.4) is 0 Å². The molecule has 3 aromatic rings. The van der Waals surface area contributed by atoms with Gasteiger partial charge in [-0.15, -0.1) is 0 Å². The van der Waals surface area contributed by atoms with E-state index >= 15 is 0 Å². The summed E-state index contributed by atoms with van der Waals surface area (Å²) in [4.78, 5) is 30.6. The number of nitrogens with zero attached hydrogens (tertiary/aromatic N) is 2. The first-order valence-electron chi connectivity index (χ1n) is 13.9. The number of unbranched alkanes of at least 4 members (excludes halogenated alkanes) is 1. The number of benzene rings is 3. The summed E-state index contributed by atoms with van der Waals surface area (Å²) in [7, 11) is 0. The summed E-state index contributed by atoms with van der Waals surface area (Å²) in [6.07, 6.45) is 2.67. The number of ether oxygens (including phenoxy) is 2. The fraction of sp³-hybridized carbons (Fsp3) is 0.375. The number of carboxylic acid groups (broad SMARTS) is 1. The standard InChI is InChI=1S/C32H35ClN2O5/c1-3-5-15-35(25-8-6-7-24(33)17-25)29(36)19-34-18-26(23-13-14-27-28(16-23)40-20-39-27)30(32(37)38)31(34)22-11-9-21(4-2)10-12-22/h6-14,16-17,26,30-31H,3-5,15,18-20H2,1-2H3,(H,37,38). The van der Waals surface area contributed by atoms with Crippen LogP contribution in [0.25, 0.3) is 0 Å². The Kier molecular flexibility index (Phi) is 8.62. The summed E-state index contributed by atoms with van der Waals surface area (Å²) < 4.78 is 11.1. The summed E-state index contributed by atoms with van der Waals surface area (Å²) in [5.74, 6) is -0.796. The number of hydrogen-bond acceptors (Lipinski definition) is 5. The predicted molar refractivity (Wildman–Crippen MR) is 155 cm³/mol. The topological polar surface area (TPSA) is 79.3 Å². The van der Waals surface area contributed by atoms with Crippen molar-refractivity contribution in [1.82, 2.24) is 4.90 Å². The number of fused-ring (bicyclic) bond motifs is 1. The SMILES string of the molecule is CCCCN(C(=O)CN1CC(c2ccc3c(c2)OCO3)C(C(=O)O)C1c1ccc(CC)cc1)c1cccc(Cl)c1. The van der Waals surface area contributed by atoms with Gasteiger partial charge in [0.2, 0.25) is 12.7 Å². The first-order valence-corrected chi connectivity index (χ1v) is 14.3. The Hall–Kier alpha value is -3.55. The van der Waals surface area contributed by atoms with Crippen molar-refractivity contribution in [3.8, 4) is 11.5 Å². The van der Waals surface area contributed by atoms with E-state index in [0.717, 1.165) is 36.1 Å². The molecule has 0 aromatic heterocycles. The van der Waals surface area contributed by atoms with Crippen LogP contribution in [0, 0.1) is 5.92 Å². The fourth-order valence-corrected chi connectivity index (χ4v) is 6.02. The molecule has 7 nitrogen and oxygen atoms in total. The van der Waals surface area contributed by atoms with Crippen molar-refractivity contribution < 1.29 is 24.2 Å². The molecule has 2 aliphatic heterocycles. The number of carbonyl (C=O) groups excluding carboxylic acids is 1. The zero-order chi connectivity index (χ0) is 28.2. The average Bonchev–Trinajstić information content (AvgIpc) is 3.58. The molecule has 1 N–H and O–H groups in total. The van der Waals surface area contributed by atoms with Crippen molar-refractivity contribution in [3.63, 3.8) is 0 Å². The Balaban J connectivity index is 1.51. The van der Waals surface area contributed by atoms with Crippen molar-refractivity contribution in [2.24, 2.45) is 5.92 Å². The van der Waals surface area contributed by atoms with Crippen LogP contribution in [-0.4, -0.2) is 48.3 Å². The summed E-state index contributed by atoms with van der Waals surface area (Å²) >= 11 is 6.27. The van der Waals surface area contributed by atoms with Crippen LogP contribution in [-0.2, 0) is 16.0 Å². The number of aliphatic carboxylic acids is 1. The minimum atomic E-state index is -0.889. The van der Waals surface area contributed by atoms with E-state index in [4.69, 9.17) is 21.1 Å². The van der Waals surface area contributed by atoms with Gasteiger partial charge in [-0.2, -0.15) is 0 Å². The minimum Gasteiger partial charge on any atom is -0.481 e. The number of anilines is 1. The van der Waals surface area contributed by atoms with Crippen molar-refractivity contribution in [1.29, 1.82) is 0 Å². The first-order chi connectivity index (χ1) is 19.4. The van der Waals surface area contributed by atoms with Gasteiger partial charge >= 0.3 is 5.97 Å². The molecule has 40 heavy (non-hydrogen) atoms. The van der Waals surface area contributed by atoms with E-state index < -0.39 is 17.9 Å². The van der Waals surface area contributed by atoms with Crippen LogP contribution in [0.4, 0.5) is 5.69 Å². The van der Waals surface area contributed by atoms with Gasteiger partial charge < -0.3 is 19.5 Å². The molecule has 3 aromatic carbocycles. The number of likely N-dealkylation sites (tertiary alicyclic amines) is 1. The number of hydrogen-bond donors (Lipinski definition) is 1. The van der Waals surface area contributed by atoms with Gasteiger partial charge in [0.1, 0.15) is 0 Å². The van der Waals surface area contributed by atoms with E-state index in [1.807, 2.05) is 59.5 Å². The molecule has 8 heteroatoms. The molecule has 2 aliphatic rings. The lowest BCUT2D eigenvalue weighted by Gasteiger charge is -2.30. The average molecular weight is 563 g/mol. The van der Waals surface area contributed by atoms with Crippen molar-refractivity contribution in [2.75, 3.05) is 31.3 Å². The first kappa shape index (κ1) is 28.0. The highest BCUT2D eigenvalue weighted by molar-refractivity contribution is 6.30. The number of rotatable bonds is 10. The van der Waals surface area contributed by atoms with E-state index in [1.54, 1.807) is 17.0 Å². The highest BCUT2D eigenvalue weighted by Gasteiger charge is 2.48. The van der Waals surface area contributed by atoms with Crippen LogP contribution >= 0.6 is 11.6 Å². The maximum atomic E-state index is 13.9. The molecule has 1 fully saturated rings. The number of amides is 1. The van der Waals surface area contributed by atoms with E-state index in [-0.39, 0.29) is 25.2 Å². The maximum absolute atomic E-state index is 13.9. The quantitative estimate of drug-likeness (QED) is 0.312. The largest absolute Gasteiger partial charge is 0.481 e. The Morgan fingerprint density at radius 3 is 2.45 bits per heavy atom. The van der Waals surface area contributed by atoms with E-state index in [9.17, 15) is 14.7 Å². The van der Waals surface area contributed by atoms with Gasteiger partial charge in [0, 0.05) is 35.8 Å². The lowest BCUT2D eigenvalue weighted by Crippen LogP contribution is -2.41. The van der Waals surface area contributed by atoms with Gasteiger partial charge in [-0.1, -0.05) is 68.3 Å². The molecular weight excluding hydrogens is 528 g/mol. The molecule has 3 unspecified atom stereocenters. The second-order valence-corrected chi connectivity index (χ2v) is 10.9. The Morgan fingerprint density at radius 2 is 1.75 bits per heavy atom. The zero-order valence-electron chi connectivity index (χ0n) is 22.9. The maximum Gasteiger partial charge on any atom is 0.309 e. The molecule has 0 saturated carbocycles. The van der Waals surface area contributed by atoms with Crippen LogP contribution in [0.5, 0.6) is 11.5 Å². The fourth-order valence-electron chi connectivity index (χ4n) is 5.84. The lowest BCUT2D eigenvalue weighted by atomic mass is 9.82. The lowest BCUT2D eigenvalue weighted by molar-refractivity contribution is -0.143. The molecule has 0 bridgehead atoms. The number of carbonyl (C=O) groups is 2. The summed E-state index contributed by atoms with van der Waals surface area (Å²) in [5.41, 5.74) is 3.68. The monoisotopic (exact) mass is 562 g/mol. The van der Waals surface area contributed by atoms with Gasteiger partial charge in [0.05, 0.1) is 12.5 Å². The third-order valence-corrected chi connectivity index (χ3v) is 8.17. The van der Waals surface area contributed by atoms with Crippen LogP contribution in [0.2, 0.25) is 5.02 Å². The van der Waals surface area contributed by atoms with Crippen molar-refractivity contribution >= 4 is 29.2 Å². The number of aryl methyl sites for hydroxylation is 1. The molecule has 1 amide bonds. The molecule has 1 saturated heterocycles. The molecule has 210 valence electrons. The van der Waals surface area contributed by atoms with E-state index in [1.165, 1.54) is 5.56 Å². The molecule has 2 heterocycles. The molecule has 0 spiro atoms. The van der Waals surface area contributed by atoms with E-state index in [2.05, 4.69) is 13.8 Å². The van der Waals surface area contributed by atoms with Gasteiger partial charge in [-0.25, -0.2) is 0 Å². The molecular formula is C32H35ClN2O5. The summed E-state index contributed by atoms with van der Waals surface area (Å²) in [5, 5.41) is 11.1. The smallest absolute Gasteiger partial charge is 0.309 e. The third kappa shape index (κ3) is 5.81. The zero-order valence-corrected chi connectivity index (χ0v) is 23.6. The highest BCUT2D eigenvalue weighted by Crippen LogP contribution is 2.47. The molecule has 5 rings (SSSR count). The molecule has 3 atom stereocenters. The van der Waals surface area contributed by atoms with Crippen LogP contribution in [0.15, 0.2) is 66.7 Å². The van der Waals surface area contributed by atoms with Crippen molar-refractivity contribution in [2.45, 2.75) is 45.1 Å². The Bertz CT molecular complexity index is 1360. The molecule has 0 aliphatic carbocycles.